The quantitative estimate of drug-likeness (QED) is 0.505. The summed E-state index contributed by atoms with van der Waals surface area (Å²) in [5.74, 6) is -0.862. The minimum absolute atomic E-state index is 0.343. The van der Waals surface area contributed by atoms with Gasteiger partial charge in [0.1, 0.15) is 0 Å². The molecule has 0 aromatic heterocycles. The molecule has 0 fully saturated rings. The number of unbranched alkanes of at least 4 members (excludes halogenated alkanes) is 2. The molecule has 0 aliphatic rings. The van der Waals surface area contributed by atoms with Gasteiger partial charge in [0.25, 0.3) is 0 Å². The van der Waals surface area contributed by atoms with Crippen molar-refractivity contribution < 1.29 is 19.1 Å². The monoisotopic (exact) mass is 304 g/mol. The summed E-state index contributed by atoms with van der Waals surface area (Å²) in [6.07, 6.45) is 5.13. The molecule has 0 N–H and O–H groups in total. The van der Waals surface area contributed by atoms with Crippen LogP contribution in [0.3, 0.4) is 0 Å². The van der Waals surface area contributed by atoms with Gasteiger partial charge in [-0.25, -0.2) is 9.59 Å². The fraction of sp³-hybridized carbons (Fsp3) is 0.444. The highest BCUT2D eigenvalue weighted by atomic mass is 16.5. The van der Waals surface area contributed by atoms with Crippen LogP contribution >= 0.6 is 0 Å². The van der Waals surface area contributed by atoms with E-state index in [9.17, 15) is 9.59 Å². The molecule has 1 aromatic carbocycles. The SMILES string of the molecule is C=Cc1cc(C(=O)OCCCC)cc(C(=O)OCCCC)c1. The predicted octanol–water partition coefficient (Wildman–Crippen LogP) is 4.24. The van der Waals surface area contributed by atoms with E-state index in [1.807, 2.05) is 13.8 Å². The van der Waals surface area contributed by atoms with Crippen LogP contribution < -0.4 is 0 Å². The van der Waals surface area contributed by atoms with E-state index >= 15 is 0 Å². The third-order valence-corrected chi connectivity index (χ3v) is 3.12. The van der Waals surface area contributed by atoms with Crippen molar-refractivity contribution in [2.75, 3.05) is 13.2 Å². The molecule has 1 aromatic rings. The Morgan fingerprint density at radius 1 is 0.955 bits per heavy atom. The van der Waals surface area contributed by atoms with Crippen LogP contribution in [0.1, 0.15) is 65.8 Å². The first kappa shape index (κ1) is 18.0. The molecule has 0 atom stereocenters. The van der Waals surface area contributed by atoms with Gasteiger partial charge in [0.2, 0.25) is 0 Å². The minimum atomic E-state index is -0.431. The molecule has 0 heterocycles. The van der Waals surface area contributed by atoms with Gasteiger partial charge in [0, 0.05) is 0 Å². The topological polar surface area (TPSA) is 52.6 Å². The molecule has 0 aliphatic heterocycles. The van der Waals surface area contributed by atoms with Crippen molar-refractivity contribution in [1.82, 2.24) is 0 Å². The number of carbonyl (C=O) groups excluding carboxylic acids is 2. The normalized spacial score (nSPS) is 10.1. The van der Waals surface area contributed by atoms with Crippen LogP contribution in [0.25, 0.3) is 6.08 Å². The number of carbonyl (C=O) groups is 2. The average molecular weight is 304 g/mol. The van der Waals surface area contributed by atoms with Crippen LogP contribution in [0.15, 0.2) is 24.8 Å². The fourth-order valence-corrected chi connectivity index (χ4v) is 1.79. The molecule has 0 radical (unpaired) electrons. The Balaban J connectivity index is 2.85. The molecule has 120 valence electrons. The second-order valence-corrected chi connectivity index (χ2v) is 5.03. The van der Waals surface area contributed by atoms with Gasteiger partial charge in [-0.1, -0.05) is 39.3 Å². The van der Waals surface area contributed by atoms with E-state index in [1.165, 1.54) is 6.07 Å². The number of hydrogen-bond donors (Lipinski definition) is 0. The predicted molar refractivity (Wildman–Crippen MR) is 86.9 cm³/mol. The van der Waals surface area contributed by atoms with Crippen LogP contribution in [0.4, 0.5) is 0 Å². The van der Waals surface area contributed by atoms with E-state index in [0.29, 0.717) is 29.9 Å². The number of rotatable bonds is 9. The second-order valence-electron chi connectivity index (χ2n) is 5.03. The van der Waals surface area contributed by atoms with E-state index in [4.69, 9.17) is 9.47 Å². The van der Waals surface area contributed by atoms with Crippen molar-refractivity contribution in [3.05, 3.63) is 41.5 Å². The Labute approximate surface area is 132 Å². The van der Waals surface area contributed by atoms with E-state index in [2.05, 4.69) is 6.58 Å². The number of hydrogen-bond acceptors (Lipinski definition) is 4. The molecule has 0 aliphatic carbocycles. The largest absolute Gasteiger partial charge is 0.462 e. The lowest BCUT2D eigenvalue weighted by molar-refractivity contribution is 0.0498. The van der Waals surface area contributed by atoms with Crippen molar-refractivity contribution >= 4 is 18.0 Å². The van der Waals surface area contributed by atoms with Gasteiger partial charge in [-0.2, -0.15) is 0 Å². The molecular weight excluding hydrogens is 280 g/mol. The first-order chi connectivity index (χ1) is 10.6. The number of esters is 2. The average Bonchev–Trinajstić information content (AvgIpc) is 2.54. The van der Waals surface area contributed by atoms with Crippen LogP contribution in [-0.4, -0.2) is 25.2 Å². The minimum Gasteiger partial charge on any atom is -0.462 e. The maximum atomic E-state index is 12.0. The van der Waals surface area contributed by atoms with Crippen molar-refractivity contribution in [1.29, 1.82) is 0 Å². The maximum absolute atomic E-state index is 12.0. The lowest BCUT2D eigenvalue weighted by Gasteiger charge is -2.08. The van der Waals surface area contributed by atoms with E-state index < -0.39 is 11.9 Å². The zero-order valence-corrected chi connectivity index (χ0v) is 13.4. The van der Waals surface area contributed by atoms with Crippen LogP contribution in [0, 0.1) is 0 Å². The third kappa shape index (κ3) is 5.72. The van der Waals surface area contributed by atoms with Crippen molar-refractivity contribution in [2.24, 2.45) is 0 Å². The first-order valence-corrected chi connectivity index (χ1v) is 7.74. The Kier molecular flexibility index (Phi) is 7.97. The van der Waals surface area contributed by atoms with Gasteiger partial charge in [0.15, 0.2) is 0 Å². The molecule has 0 saturated carbocycles. The van der Waals surface area contributed by atoms with Gasteiger partial charge in [-0.3, -0.25) is 0 Å². The van der Waals surface area contributed by atoms with E-state index in [-0.39, 0.29) is 0 Å². The summed E-state index contributed by atoms with van der Waals surface area (Å²) in [6.45, 7) is 8.49. The summed E-state index contributed by atoms with van der Waals surface area (Å²) >= 11 is 0. The third-order valence-electron chi connectivity index (χ3n) is 3.12. The van der Waals surface area contributed by atoms with Crippen molar-refractivity contribution in [3.63, 3.8) is 0 Å². The zero-order chi connectivity index (χ0) is 16.4. The summed E-state index contributed by atoms with van der Waals surface area (Å²) in [5, 5.41) is 0. The number of benzene rings is 1. The Morgan fingerprint density at radius 3 is 1.77 bits per heavy atom. The Hall–Kier alpha value is -2.10. The van der Waals surface area contributed by atoms with Crippen LogP contribution in [0.2, 0.25) is 0 Å². The zero-order valence-electron chi connectivity index (χ0n) is 13.4. The molecule has 0 amide bonds. The fourth-order valence-electron chi connectivity index (χ4n) is 1.79. The standard InChI is InChI=1S/C18H24O4/c1-4-7-9-21-17(19)15-11-14(6-3)12-16(13-15)18(20)22-10-8-5-2/h6,11-13H,3-5,7-10H2,1-2H3. The molecule has 0 spiro atoms. The second kappa shape index (κ2) is 9.77. The van der Waals surface area contributed by atoms with E-state index in [1.54, 1.807) is 18.2 Å². The van der Waals surface area contributed by atoms with Crippen molar-refractivity contribution in [2.45, 2.75) is 39.5 Å². The number of ether oxygens (including phenoxy) is 2. The summed E-state index contributed by atoms with van der Waals surface area (Å²) in [4.78, 5) is 24.0. The molecule has 4 nitrogen and oxygen atoms in total. The summed E-state index contributed by atoms with van der Waals surface area (Å²) in [6, 6.07) is 4.82. The molecule has 4 heteroatoms. The van der Waals surface area contributed by atoms with Crippen LogP contribution in [-0.2, 0) is 9.47 Å². The molecule has 1 rings (SSSR count). The van der Waals surface area contributed by atoms with Gasteiger partial charge >= 0.3 is 11.9 Å². The summed E-state index contributed by atoms with van der Waals surface area (Å²) < 4.78 is 10.4. The first-order valence-electron chi connectivity index (χ1n) is 7.74. The molecule has 22 heavy (non-hydrogen) atoms. The van der Waals surface area contributed by atoms with Gasteiger partial charge in [-0.05, 0) is 36.6 Å². The lowest BCUT2D eigenvalue weighted by Crippen LogP contribution is -2.11. The smallest absolute Gasteiger partial charge is 0.338 e. The molecule has 0 saturated heterocycles. The van der Waals surface area contributed by atoms with Gasteiger partial charge in [0.05, 0.1) is 24.3 Å². The Morgan fingerprint density at radius 2 is 1.41 bits per heavy atom. The lowest BCUT2D eigenvalue weighted by atomic mass is 10.1. The van der Waals surface area contributed by atoms with Crippen LogP contribution in [0.5, 0.6) is 0 Å². The highest BCUT2D eigenvalue weighted by Crippen LogP contribution is 2.14. The molecule has 0 unspecified atom stereocenters. The van der Waals surface area contributed by atoms with E-state index in [0.717, 1.165) is 25.7 Å². The highest BCUT2D eigenvalue weighted by Gasteiger charge is 2.14. The molecular formula is C18H24O4. The maximum Gasteiger partial charge on any atom is 0.338 e. The summed E-state index contributed by atoms with van der Waals surface area (Å²) in [5.41, 5.74) is 1.37. The van der Waals surface area contributed by atoms with Crippen molar-refractivity contribution in [3.8, 4) is 0 Å². The summed E-state index contributed by atoms with van der Waals surface area (Å²) in [7, 11) is 0. The highest BCUT2D eigenvalue weighted by molar-refractivity contribution is 5.96. The van der Waals surface area contributed by atoms with Gasteiger partial charge < -0.3 is 9.47 Å². The molecule has 0 bridgehead atoms. The van der Waals surface area contributed by atoms with Gasteiger partial charge in [-0.15, -0.1) is 0 Å². The Bertz CT molecular complexity index is 480.